The van der Waals surface area contributed by atoms with Gasteiger partial charge in [0.05, 0.1) is 0 Å². The summed E-state index contributed by atoms with van der Waals surface area (Å²) >= 11 is 0. The second kappa shape index (κ2) is 9.45. The lowest BCUT2D eigenvalue weighted by molar-refractivity contribution is 0.717. The largest absolute Gasteiger partial charge is 0.0683 e. The zero-order valence-corrected chi connectivity index (χ0v) is 11.8. The summed E-state index contributed by atoms with van der Waals surface area (Å²) in [7, 11) is 0. The highest BCUT2D eigenvalue weighted by molar-refractivity contribution is 5.31. The van der Waals surface area contributed by atoms with Crippen LogP contribution >= 0.6 is 0 Å². The summed E-state index contributed by atoms with van der Waals surface area (Å²) in [5.41, 5.74) is 4.46. The molecule has 0 nitrogen and oxygen atoms in total. The Morgan fingerprint density at radius 3 is 2.19 bits per heavy atom. The minimum atomic E-state index is 1.15. The van der Waals surface area contributed by atoms with Gasteiger partial charge in [-0.05, 0) is 42.9 Å². The van der Waals surface area contributed by atoms with Crippen LogP contribution < -0.4 is 0 Å². The van der Waals surface area contributed by atoms with Crippen molar-refractivity contribution in [2.75, 3.05) is 0 Å². The van der Waals surface area contributed by atoms with Gasteiger partial charge in [-0.2, -0.15) is 0 Å². The molecular weight excluding hydrogens is 192 g/mol. The molecule has 0 heterocycles. The maximum Gasteiger partial charge on any atom is -0.0279 e. The molecule has 0 unspecified atom stereocenters. The molecule has 92 valence electrons. The van der Waals surface area contributed by atoms with Crippen LogP contribution in [0.25, 0.3) is 0 Å². The molecule has 0 aliphatic heterocycles. The van der Waals surface area contributed by atoms with E-state index >= 15 is 0 Å². The van der Waals surface area contributed by atoms with E-state index in [1.807, 2.05) is 13.8 Å². The first kappa shape index (κ1) is 15.2. The van der Waals surface area contributed by atoms with Gasteiger partial charge in [-0.3, -0.25) is 0 Å². The van der Waals surface area contributed by atoms with Gasteiger partial charge >= 0.3 is 0 Å². The lowest BCUT2D eigenvalue weighted by atomic mass is 10.00. The van der Waals surface area contributed by atoms with Crippen molar-refractivity contribution in [2.24, 2.45) is 0 Å². The fourth-order valence-corrected chi connectivity index (χ4v) is 1.89. The molecule has 16 heavy (non-hydrogen) atoms. The van der Waals surface area contributed by atoms with Gasteiger partial charge in [-0.15, -0.1) is 0 Å². The highest BCUT2D eigenvalue weighted by Crippen LogP contribution is 2.14. The third-order valence-corrected chi connectivity index (χ3v) is 2.86. The summed E-state index contributed by atoms with van der Waals surface area (Å²) < 4.78 is 0. The second-order valence-electron chi connectivity index (χ2n) is 4.07. The van der Waals surface area contributed by atoms with E-state index < -0.39 is 0 Å². The second-order valence-corrected chi connectivity index (χ2v) is 4.07. The smallest absolute Gasteiger partial charge is 0.0279 e. The Bertz CT molecular complexity index is 273. The first-order chi connectivity index (χ1) is 7.77. The van der Waals surface area contributed by atoms with E-state index in [1.165, 1.54) is 42.4 Å². The van der Waals surface area contributed by atoms with Gasteiger partial charge in [0.15, 0.2) is 0 Å². The van der Waals surface area contributed by atoms with Crippen molar-refractivity contribution < 1.29 is 0 Å². The summed E-state index contributed by atoms with van der Waals surface area (Å²) in [6.07, 6.45) is 6.40. The molecule has 1 rings (SSSR count). The molecule has 0 N–H and O–H groups in total. The Balaban J connectivity index is 0.00000106. The molecule has 0 heteroatoms. The first-order valence-corrected chi connectivity index (χ1v) is 6.86. The van der Waals surface area contributed by atoms with E-state index in [4.69, 9.17) is 0 Å². The molecule has 0 bridgehead atoms. The van der Waals surface area contributed by atoms with Crippen molar-refractivity contribution in [3.8, 4) is 0 Å². The number of rotatable bonds is 5. The molecular formula is C16H28. The Labute approximate surface area is 102 Å². The number of hydrogen-bond acceptors (Lipinski definition) is 0. The molecule has 0 aliphatic rings. The zero-order chi connectivity index (χ0) is 12.4. The summed E-state index contributed by atoms with van der Waals surface area (Å²) in [5, 5.41) is 0. The molecule has 0 spiro atoms. The van der Waals surface area contributed by atoms with Crippen LogP contribution in [0.3, 0.4) is 0 Å². The standard InChI is InChI=1S/C14H22.C2H6/c1-4-6-7-8-13-9-10-14(5-2)12(3)11-13;1-2/h9-11H,4-8H2,1-3H3;1-2H3. The molecule has 1 aromatic rings. The molecule has 0 aliphatic carbocycles. The van der Waals surface area contributed by atoms with Crippen LogP contribution in [0.15, 0.2) is 18.2 Å². The first-order valence-electron chi connectivity index (χ1n) is 6.86. The van der Waals surface area contributed by atoms with Crippen molar-refractivity contribution in [3.63, 3.8) is 0 Å². The highest BCUT2D eigenvalue weighted by Gasteiger charge is 1.98. The number of benzene rings is 1. The Kier molecular flexibility index (Phi) is 8.99. The van der Waals surface area contributed by atoms with Crippen LogP contribution in [0, 0.1) is 6.92 Å². The fourth-order valence-electron chi connectivity index (χ4n) is 1.89. The molecule has 0 radical (unpaired) electrons. The Morgan fingerprint density at radius 1 is 1.00 bits per heavy atom. The number of unbranched alkanes of at least 4 members (excludes halogenated alkanes) is 2. The summed E-state index contributed by atoms with van der Waals surface area (Å²) in [4.78, 5) is 0. The van der Waals surface area contributed by atoms with E-state index in [1.54, 1.807) is 0 Å². The summed E-state index contributed by atoms with van der Waals surface area (Å²) in [6.45, 7) is 10.7. The third kappa shape index (κ3) is 5.34. The maximum absolute atomic E-state index is 2.36. The minimum Gasteiger partial charge on any atom is -0.0683 e. The SMILES string of the molecule is CC.CCCCCc1ccc(CC)c(C)c1. The van der Waals surface area contributed by atoms with Gasteiger partial charge in [0.1, 0.15) is 0 Å². The normalized spacial score (nSPS) is 9.56. The Morgan fingerprint density at radius 2 is 1.69 bits per heavy atom. The molecule has 0 amide bonds. The van der Waals surface area contributed by atoms with Crippen molar-refractivity contribution in [1.29, 1.82) is 0 Å². The molecule has 0 saturated carbocycles. The topological polar surface area (TPSA) is 0 Å². The van der Waals surface area contributed by atoms with E-state index in [9.17, 15) is 0 Å². The van der Waals surface area contributed by atoms with Crippen molar-refractivity contribution in [1.82, 2.24) is 0 Å². The summed E-state index contributed by atoms with van der Waals surface area (Å²) in [5.74, 6) is 0. The van der Waals surface area contributed by atoms with Gasteiger partial charge in [-0.25, -0.2) is 0 Å². The highest BCUT2D eigenvalue weighted by atomic mass is 14.0. The van der Waals surface area contributed by atoms with Gasteiger partial charge in [0.25, 0.3) is 0 Å². The van der Waals surface area contributed by atoms with E-state index in [0.717, 1.165) is 6.42 Å². The predicted molar refractivity (Wildman–Crippen MR) is 75.1 cm³/mol. The van der Waals surface area contributed by atoms with Crippen LogP contribution in [-0.2, 0) is 12.8 Å². The lowest BCUT2D eigenvalue weighted by Gasteiger charge is -2.06. The van der Waals surface area contributed by atoms with Crippen molar-refractivity contribution >= 4 is 0 Å². The van der Waals surface area contributed by atoms with E-state index in [-0.39, 0.29) is 0 Å². The lowest BCUT2D eigenvalue weighted by Crippen LogP contribution is -1.91. The predicted octanol–water partition coefficient (Wildman–Crippen LogP) is 5.32. The molecule has 0 aromatic heterocycles. The average Bonchev–Trinajstić information content (AvgIpc) is 2.32. The van der Waals surface area contributed by atoms with Crippen molar-refractivity contribution in [3.05, 3.63) is 34.9 Å². The van der Waals surface area contributed by atoms with E-state index in [2.05, 4.69) is 39.0 Å². The van der Waals surface area contributed by atoms with Gasteiger partial charge < -0.3 is 0 Å². The van der Waals surface area contributed by atoms with Gasteiger partial charge in [0.2, 0.25) is 0 Å². The van der Waals surface area contributed by atoms with Gasteiger partial charge in [0, 0.05) is 0 Å². The van der Waals surface area contributed by atoms with Crippen molar-refractivity contribution in [2.45, 2.75) is 66.7 Å². The molecule has 0 fully saturated rings. The molecule has 1 aromatic carbocycles. The number of aryl methyl sites for hydroxylation is 3. The van der Waals surface area contributed by atoms with Gasteiger partial charge in [-0.1, -0.05) is 58.7 Å². The molecule has 0 saturated heterocycles. The fraction of sp³-hybridized carbons (Fsp3) is 0.625. The van der Waals surface area contributed by atoms with Crippen LogP contribution in [0.2, 0.25) is 0 Å². The number of hydrogen-bond donors (Lipinski definition) is 0. The van der Waals surface area contributed by atoms with Crippen LogP contribution in [-0.4, -0.2) is 0 Å². The van der Waals surface area contributed by atoms with Crippen LogP contribution in [0.5, 0.6) is 0 Å². The Hall–Kier alpha value is -0.780. The molecule has 0 atom stereocenters. The zero-order valence-electron chi connectivity index (χ0n) is 11.8. The quantitative estimate of drug-likeness (QED) is 0.589. The minimum absolute atomic E-state index is 1.15. The van der Waals surface area contributed by atoms with E-state index in [0.29, 0.717) is 0 Å². The van der Waals surface area contributed by atoms with Crippen LogP contribution in [0.1, 0.15) is 63.6 Å². The average molecular weight is 220 g/mol. The summed E-state index contributed by atoms with van der Waals surface area (Å²) in [6, 6.07) is 6.94. The maximum atomic E-state index is 2.36. The van der Waals surface area contributed by atoms with Crippen LogP contribution in [0.4, 0.5) is 0 Å². The monoisotopic (exact) mass is 220 g/mol. The third-order valence-electron chi connectivity index (χ3n) is 2.86.